The molecule has 0 unspecified atom stereocenters. The van der Waals surface area contributed by atoms with Crippen molar-refractivity contribution in [3.05, 3.63) is 83.9 Å². The van der Waals surface area contributed by atoms with E-state index in [0.29, 0.717) is 5.56 Å². The lowest BCUT2D eigenvalue weighted by Crippen LogP contribution is -2.52. The molecule has 0 saturated heterocycles. The molecule has 0 aliphatic rings. The van der Waals surface area contributed by atoms with Gasteiger partial charge in [0.05, 0.1) is 6.42 Å². The SMILES string of the molecule is CO[C@@](C(=O)O[C@@H](CC(=O)OC(C)(C)C)c1ccc2ccccc2c1)(c1ccccc1)C(F)(F)F. The van der Waals surface area contributed by atoms with Crippen LogP contribution in [0.3, 0.4) is 0 Å². The van der Waals surface area contributed by atoms with Crippen LogP contribution in [0.1, 0.15) is 44.4 Å². The summed E-state index contributed by atoms with van der Waals surface area (Å²) >= 11 is 0. The number of methoxy groups -OCH3 is 1. The molecule has 3 rings (SSSR count). The molecule has 0 spiro atoms. The van der Waals surface area contributed by atoms with Crippen LogP contribution in [0.5, 0.6) is 0 Å². The molecule has 0 radical (unpaired) electrons. The molecule has 8 heteroatoms. The zero-order chi connectivity index (χ0) is 25.9. The van der Waals surface area contributed by atoms with Crippen LogP contribution in [-0.2, 0) is 29.4 Å². The van der Waals surface area contributed by atoms with E-state index >= 15 is 0 Å². The molecule has 35 heavy (non-hydrogen) atoms. The number of carbonyl (C=O) groups excluding carboxylic acids is 2. The summed E-state index contributed by atoms with van der Waals surface area (Å²) in [7, 11) is 0.792. The van der Waals surface area contributed by atoms with E-state index in [0.717, 1.165) is 30.0 Å². The fourth-order valence-corrected chi connectivity index (χ4v) is 3.77. The van der Waals surface area contributed by atoms with Gasteiger partial charge in [-0.15, -0.1) is 0 Å². The normalized spacial score (nSPS) is 14.7. The number of alkyl halides is 3. The van der Waals surface area contributed by atoms with Crippen LogP contribution in [0.4, 0.5) is 13.2 Å². The van der Waals surface area contributed by atoms with Crippen LogP contribution in [0.25, 0.3) is 10.8 Å². The Bertz CT molecular complexity index is 1180. The minimum atomic E-state index is -5.14. The Morgan fingerprint density at radius 2 is 1.46 bits per heavy atom. The minimum absolute atomic E-state index is 0.350. The number of hydrogen-bond donors (Lipinski definition) is 0. The molecular weight excluding hydrogens is 461 g/mol. The van der Waals surface area contributed by atoms with Crippen molar-refractivity contribution >= 4 is 22.7 Å². The first-order valence-corrected chi connectivity index (χ1v) is 11.0. The second kappa shape index (κ2) is 10.1. The molecule has 0 N–H and O–H groups in total. The Kier molecular flexibility index (Phi) is 7.55. The summed E-state index contributed by atoms with van der Waals surface area (Å²) in [5.74, 6) is -2.40. The molecule has 0 amide bonds. The maximum Gasteiger partial charge on any atom is 0.432 e. The lowest BCUT2D eigenvalue weighted by atomic mass is 9.92. The van der Waals surface area contributed by atoms with Gasteiger partial charge in [-0.25, -0.2) is 4.79 Å². The van der Waals surface area contributed by atoms with Gasteiger partial charge in [0.15, 0.2) is 0 Å². The van der Waals surface area contributed by atoms with Crippen molar-refractivity contribution in [3.63, 3.8) is 0 Å². The Balaban J connectivity index is 2.04. The lowest BCUT2D eigenvalue weighted by Gasteiger charge is -2.34. The predicted octanol–water partition coefficient (Wildman–Crippen LogP) is 6.26. The van der Waals surface area contributed by atoms with Crippen molar-refractivity contribution in [1.29, 1.82) is 0 Å². The molecule has 5 nitrogen and oxygen atoms in total. The Labute approximate surface area is 201 Å². The van der Waals surface area contributed by atoms with Crippen molar-refractivity contribution in [3.8, 4) is 0 Å². The first kappa shape index (κ1) is 26.2. The fraction of sp³-hybridized carbons (Fsp3) is 0.333. The van der Waals surface area contributed by atoms with Crippen LogP contribution in [0.2, 0.25) is 0 Å². The van der Waals surface area contributed by atoms with E-state index in [1.165, 1.54) is 18.2 Å². The number of benzene rings is 3. The minimum Gasteiger partial charge on any atom is -0.460 e. The average molecular weight is 489 g/mol. The van der Waals surface area contributed by atoms with Crippen LogP contribution in [0, 0.1) is 0 Å². The summed E-state index contributed by atoms with van der Waals surface area (Å²) in [6, 6.07) is 18.9. The van der Waals surface area contributed by atoms with Gasteiger partial charge in [-0.1, -0.05) is 66.7 Å². The van der Waals surface area contributed by atoms with Crippen LogP contribution < -0.4 is 0 Å². The summed E-state index contributed by atoms with van der Waals surface area (Å²) in [4.78, 5) is 25.8. The third kappa shape index (κ3) is 5.82. The second-order valence-corrected chi connectivity index (χ2v) is 9.04. The number of fused-ring (bicyclic) bond motifs is 1. The highest BCUT2D eigenvalue weighted by atomic mass is 19.4. The van der Waals surface area contributed by atoms with Crippen molar-refractivity contribution in [2.75, 3.05) is 7.11 Å². The molecule has 0 fully saturated rings. The summed E-state index contributed by atoms with van der Waals surface area (Å²) < 4.78 is 58.6. The van der Waals surface area contributed by atoms with Crippen LogP contribution >= 0.6 is 0 Å². The Hall–Kier alpha value is -3.39. The van der Waals surface area contributed by atoms with Gasteiger partial charge in [-0.05, 0) is 43.2 Å². The quantitative estimate of drug-likeness (QED) is 0.368. The van der Waals surface area contributed by atoms with Crippen molar-refractivity contribution in [1.82, 2.24) is 0 Å². The molecule has 3 aromatic rings. The van der Waals surface area contributed by atoms with E-state index in [2.05, 4.69) is 0 Å². The summed E-state index contributed by atoms with van der Waals surface area (Å²) in [6.45, 7) is 4.99. The number of halogens is 3. The summed E-state index contributed by atoms with van der Waals surface area (Å²) in [6.07, 6.45) is -6.96. The number of carbonyl (C=O) groups is 2. The first-order valence-electron chi connectivity index (χ1n) is 11.0. The highest BCUT2D eigenvalue weighted by Crippen LogP contribution is 2.44. The van der Waals surface area contributed by atoms with Crippen LogP contribution in [-0.4, -0.2) is 30.8 Å². The van der Waals surface area contributed by atoms with Gasteiger partial charge >= 0.3 is 18.1 Å². The van der Waals surface area contributed by atoms with E-state index in [4.69, 9.17) is 14.2 Å². The topological polar surface area (TPSA) is 61.8 Å². The number of rotatable bonds is 7. The predicted molar refractivity (Wildman–Crippen MR) is 124 cm³/mol. The third-order valence-electron chi connectivity index (χ3n) is 5.34. The largest absolute Gasteiger partial charge is 0.460 e. The van der Waals surface area contributed by atoms with E-state index in [1.54, 1.807) is 45.0 Å². The fourth-order valence-electron chi connectivity index (χ4n) is 3.77. The third-order valence-corrected chi connectivity index (χ3v) is 5.34. The van der Waals surface area contributed by atoms with Crippen molar-refractivity contribution in [2.24, 2.45) is 0 Å². The lowest BCUT2D eigenvalue weighted by molar-refractivity contribution is -0.278. The summed E-state index contributed by atoms with van der Waals surface area (Å²) in [5, 5.41) is 1.65. The highest BCUT2D eigenvalue weighted by molar-refractivity contribution is 5.85. The number of hydrogen-bond acceptors (Lipinski definition) is 5. The maximum atomic E-state index is 14.3. The zero-order valence-corrected chi connectivity index (χ0v) is 19.9. The smallest absolute Gasteiger partial charge is 0.432 e. The molecule has 0 aliphatic heterocycles. The number of esters is 2. The molecule has 186 valence electrons. The van der Waals surface area contributed by atoms with Crippen LogP contribution in [0.15, 0.2) is 72.8 Å². The number of ether oxygens (including phenoxy) is 3. The van der Waals surface area contributed by atoms with Gasteiger partial charge in [-0.2, -0.15) is 13.2 Å². The van der Waals surface area contributed by atoms with Crippen molar-refractivity contribution < 1.29 is 37.0 Å². The average Bonchev–Trinajstić information content (AvgIpc) is 2.77. The molecule has 0 heterocycles. The van der Waals surface area contributed by atoms with E-state index in [1.807, 2.05) is 18.2 Å². The molecule has 2 atom stereocenters. The van der Waals surface area contributed by atoms with Gasteiger partial charge in [0, 0.05) is 12.7 Å². The van der Waals surface area contributed by atoms with Gasteiger partial charge < -0.3 is 14.2 Å². The molecule has 0 aromatic heterocycles. The molecule has 0 saturated carbocycles. The standard InChI is InChI=1S/C27H27F3O5/c1-25(2,3)35-23(31)17-22(20-15-14-18-10-8-9-11-19(18)16-20)34-24(32)26(33-4,27(28,29)30)21-12-6-5-7-13-21/h5-16,22H,17H2,1-4H3/t22-,26+/m0/s1. The highest BCUT2D eigenvalue weighted by Gasteiger charge is 2.64. The molecule has 0 bridgehead atoms. The van der Waals surface area contributed by atoms with Gasteiger partial charge in [0.1, 0.15) is 11.7 Å². The van der Waals surface area contributed by atoms with E-state index in [9.17, 15) is 22.8 Å². The van der Waals surface area contributed by atoms with E-state index in [-0.39, 0.29) is 0 Å². The molecule has 0 aliphatic carbocycles. The monoisotopic (exact) mass is 488 g/mol. The zero-order valence-electron chi connectivity index (χ0n) is 19.9. The Morgan fingerprint density at radius 3 is 2.03 bits per heavy atom. The van der Waals surface area contributed by atoms with Gasteiger partial charge in [-0.3, -0.25) is 4.79 Å². The maximum absolute atomic E-state index is 14.3. The molecule has 3 aromatic carbocycles. The van der Waals surface area contributed by atoms with Gasteiger partial charge in [0.2, 0.25) is 0 Å². The van der Waals surface area contributed by atoms with Gasteiger partial charge in [0.25, 0.3) is 5.60 Å². The first-order chi connectivity index (χ1) is 16.4. The molecular formula is C27H27F3O5. The van der Waals surface area contributed by atoms with Crippen molar-refractivity contribution in [2.45, 2.75) is 50.7 Å². The second-order valence-electron chi connectivity index (χ2n) is 9.04. The Morgan fingerprint density at radius 1 is 0.857 bits per heavy atom. The van der Waals surface area contributed by atoms with E-state index < -0.39 is 47.4 Å². The summed E-state index contributed by atoms with van der Waals surface area (Å²) in [5.41, 5.74) is -4.30.